The molecule has 1 aromatic rings. The minimum absolute atomic E-state index is 0.578. The molecule has 0 unspecified atom stereocenters. The summed E-state index contributed by atoms with van der Waals surface area (Å²) < 4.78 is 4.95. The van der Waals surface area contributed by atoms with Crippen molar-refractivity contribution in [2.45, 2.75) is 6.92 Å². The zero-order valence-electron chi connectivity index (χ0n) is 8.97. The van der Waals surface area contributed by atoms with E-state index < -0.39 is 0 Å². The van der Waals surface area contributed by atoms with Gasteiger partial charge in [0.1, 0.15) is 0 Å². The van der Waals surface area contributed by atoms with E-state index in [1.807, 2.05) is 13.0 Å². The number of aliphatic imine (C=N–C) groups is 1. The lowest BCUT2D eigenvalue weighted by atomic mass is 10.2. The Balaban J connectivity index is 2.77. The maximum Gasteiger partial charge on any atom is 0.212 e. The molecule has 4 heteroatoms. The molecule has 0 aliphatic heterocycles. The Morgan fingerprint density at radius 2 is 2.40 bits per heavy atom. The molecule has 4 nitrogen and oxygen atoms in total. The first-order valence-corrected chi connectivity index (χ1v) is 4.74. The van der Waals surface area contributed by atoms with E-state index in [2.05, 4.69) is 9.98 Å². The van der Waals surface area contributed by atoms with E-state index in [4.69, 9.17) is 10.5 Å². The van der Waals surface area contributed by atoms with Gasteiger partial charge >= 0.3 is 0 Å². The molecule has 0 bridgehead atoms. The van der Waals surface area contributed by atoms with Crippen LogP contribution in [0.25, 0.3) is 5.70 Å². The Kier molecular flexibility index (Phi) is 4.34. The van der Waals surface area contributed by atoms with Crippen LogP contribution in [0.2, 0.25) is 0 Å². The normalized spacial score (nSPS) is 12.0. The molecular weight excluding hydrogens is 190 g/mol. The second-order valence-electron chi connectivity index (χ2n) is 2.86. The van der Waals surface area contributed by atoms with Gasteiger partial charge in [0.2, 0.25) is 5.88 Å². The molecule has 2 N–H and O–H groups in total. The number of nitrogens with two attached hydrogens (primary N) is 1. The smallest absolute Gasteiger partial charge is 0.212 e. The minimum atomic E-state index is 0.578. The summed E-state index contributed by atoms with van der Waals surface area (Å²) in [6.45, 7) is 2.72. The van der Waals surface area contributed by atoms with Gasteiger partial charge in [-0.15, -0.1) is 0 Å². The third-order valence-corrected chi connectivity index (χ3v) is 1.82. The maximum absolute atomic E-state index is 5.82. The number of pyridine rings is 1. The Morgan fingerprint density at radius 3 is 2.93 bits per heavy atom. The lowest BCUT2D eigenvalue weighted by molar-refractivity contribution is 0.398. The Hall–Kier alpha value is -1.84. The summed E-state index contributed by atoms with van der Waals surface area (Å²) in [5, 5.41) is 0. The van der Waals surface area contributed by atoms with Crippen LogP contribution in [0.15, 0.2) is 29.4 Å². The molecule has 0 radical (unpaired) electrons. The van der Waals surface area contributed by atoms with Crippen LogP contribution in [0.4, 0.5) is 0 Å². The van der Waals surface area contributed by atoms with E-state index >= 15 is 0 Å². The number of hydrogen-bond donors (Lipinski definition) is 1. The van der Waals surface area contributed by atoms with Gasteiger partial charge in [-0.2, -0.15) is 0 Å². The molecule has 0 saturated heterocycles. The standard InChI is InChI=1S/C11H15N3O/c1-3-13-7-6-10(12)9-4-5-11(15-2)14-8-9/h4-8H,3,12H2,1-2H3/b10-6-,13-7?. The van der Waals surface area contributed by atoms with Crippen molar-refractivity contribution in [1.29, 1.82) is 0 Å². The van der Waals surface area contributed by atoms with Crippen molar-refractivity contribution in [3.05, 3.63) is 30.0 Å². The fourth-order valence-electron chi connectivity index (χ4n) is 1.01. The summed E-state index contributed by atoms with van der Waals surface area (Å²) in [5.74, 6) is 0.578. The fraction of sp³-hybridized carbons (Fsp3) is 0.273. The molecule has 15 heavy (non-hydrogen) atoms. The highest BCUT2D eigenvalue weighted by Gasteiger charge is 1.96. The highest BCUT2D eigenvalue weighted by molar-refractivity contribution is 5.83. The van der Waals surface area contributed by atoms with Crippen molar-refractivity contribution in [1.82, 2.24) is 4.98 Å². The molecule has 0 aliphatic carbocycles. The summed E-state index contributed by atoms with van der Waals surface area (Å²) in [5.41, 5.74) is 7.32. The summed E-state index contributed by atoms with van der Waals surface area (Å²) >= 11 is 0. The van der Waals surface area contributed by atoms with E-state index in [0.29, 0.717) is 11.6 Å². The van der Waals surface area contributed by atoms with Crippen LogP contribution >= 0.6 is 0 Å². The first kappa shape index (κ1) is 11.2. The molecule has 0 spiro atoms. The number of ether oxygens (including phenoxy) is 1. The predicted octanol–water partition coefficient (Wildman–Crippen LogP) is 1.48. The fourth-order valence-corrected chi connectivity index (χ4v) is 1.01. The molecule has 0 aromatic carbocycles. The number of methoxy groups -OCH3 is 1. The molecule has 0 saturated carbocycles. The second-order valence-corrected chi connectivity index (χ2v) is 2.86. The van der Waals surface area contributed by atoms with Crippen LogP contribution < -0.4 is 10.5 Å². The van der Waals surface area contributed by atoms with Crippen LogP contribution in [-0.4, -0.2) is 24.9 Å². The Labute approximate surface area is 89.5 Å². The van der Waals surface area contributed by atoms with E-state index in [1.54, 1.807) is 31.7 Å². The van der Waals surface area contributed by atoms with Crippen molar-refractivity contribution in [3.8, 4) is 5.88 Å². The van der Waals surface area contributed by atoms with E-state index in [1.165, 1.54) is 0 Å². The first-order valence-electron chi connectivity index (χ1n) is 4.74. The average Bonchev–Trinajstić information content (AvgIpc) is 2.29. The van der Waals surface area contributed by atoms with Gasteiger partial charge < -0.3 is 10.5 Å². The van der Waals surface area contributed by atoms with Crippen LogP contribution in [0.5, 0.6) is 5.88 Å². The third kappa shape index (κ3) is 3.42. The highest BCUT2D eigenvalue weighted by atomic mass is 16.5. The van der Waals surface area contributed by atoms with Gasteiger partial charge in [0.15, 0.2) is 0 Å². The van der Waals surface area contributed by atoms with Gasteiger partial charge in [-0.3, -0.25) is 4.99 Å². The zero-order valence-corrected chi connectivity index (χ0v) is 8.97. The highest BCUT2D eigenvalue weighted by Crippen LogP contribution is 2.11. The summed E-state index contributed by atoms with van der Waals surface area (Å²) in [7, 11) is 1.58. The van der Waals surface area contributed by atoms with Crippen molar-refractivity contribution >= 4 is 11.9 Å². The first-order chi connectivity index (χ1) is 7.27. The molecule has 1 heterocycles. The van der Waals surface area contributed by atoms with Crippen molar-refractivity contribution in [2.75, 3.05) is 13.7 Å². The lowest BCUT2D eigenvalue weighted by Gasteiger charge is -2.01. The van der Waals surface area contributed by atoms with Gasteiger partial charge in [0.25, 0.3) is 0 Å². The summed E-state index contributed by atoms with van der Waals surface area (Å²) in [4.78, 5) is 8.10. The van der Waals surface area contributed by atoms with Gasteiger partial charge in [0.05, 0.1) is 7.11 Å². The number of allylic oxidation sites excluding steroid dienone is 1. The SMILES string of the molecule is CCN=C/C=C(\N)c1ccc(OC)nc1. The Bertz CT molecular complexity index is 355. The van der Waals surface area contributed by atoms with Crippen molar-refractivity contribution < 1.29 is 4.74 Å². The summed E-state index contributed by atoms with van der Waals surface area (Å²) in [6, 6.07) is 3.63. The van der Waals surface area contributed by atoms with Crippen LogP contribution in [0.3, 0.4) is 0 Å². The van der Waals surface area contributed by atoms with Gasteiger partial charge in [-0.25, -0.2) is 4.98 Å². The molecule has 1 rings (SSSR count). The summed E-state index contributed by atoms with van der Waals surface area (Å²) in [6.07, 6.45) is 5.12. The van der Waals surface area contributed by atoms with Crippen molar-refractivity contribution in [2.24, 2.45) is 10.7 Å². The topological polar surface area (TPSA) is 60.5 Å². The number of aromatic nitrogens is 1. The van der Waals surface area contributed by atoms with Gasteiger partial charge in [0, 0.05) is 36.3 Å². The monoisotopic (exact) mass is 205 g/mol. The predicted molar refractivity (Wildman–Crippen MR) is 62.0 cm³/mol. The Morgan fingerprint density at radius 1 is 1.60 bits per heavy atom. The van der Waals surface area contributed by atoms with Gasteiger partial charge in [-0.1, -0.05) is 0 Å². The molecular formula is C11H15N3O. The largest absolute Gasteiger partial charge is 0.481 e. The van der Waals surface area contributed by atoms with Gasteiger partial charge in [-0.05, 0) is 19.1 Å². The van der Waals surface area contributed by atoms with E-state index in [-0.39, 0.29) is 0 Å². The molecule has 0 fully saturated rings. The molecule has 0 amide bonds. The molecule has 0 atom stereocenters. The number of nitrogens with zero attached hydrogens (tertiary/aromatic N) is 2. The van der Waals surface area contributed by atoms with Crippen LogP contribution in [0.1, 0.15) is 12.5 Å². The minimum Gasteiger partial charge on any atom is -0.481 e. The number of rotatable bonds is 4. The zero-order chi connectivity index (χ0) is 11.1. The number of hydrogen-bond acceptors (Lipinski definition) is 4. The van der Waals surface area contributed by atoms with Crippen LogP contribution in [0, 0.1) is 0 Å². The quantitative estimate of drug-likeness (QED) is 0.757. The van der Waals surface area contributed by atoms with Crippen molar-refractivity contribution in [3.63, 3.8) is 0 Å². The molecule has 0 aliphatic rings. The average molecular weight is 205 g/mol. The molecule has 80 valence electrons. The molecule has 1 aromatic heterocycles. The van der Waals surface area contributed by atoms with E-state index in [9.17, 15) is 0 Å². The second kappa shape index (κ2) is 5.80. The van der Waals surface area contributed by atoms with E-state index in [0.717, 1.165) is 12.1 Å². The lowest BCUT2D eigenvalue weighted by Crippen LogP contribution is -1.98. The third-order valence-electron chi connectivity index (χ3n) is 1.82. The van der Waals surface area contributed by atoms with Crippen LogP contribution in [-0.2, 0) is 0 Å². The maximum atomic E-state index is 5.82.